The normalized spacial score (nSPS) is 28.3. The van der Waals surface area contributed by atoms with Crippen LogP contribution in [0.2, 0.25) is 0 Å². The van der Waals surface area contributed by atoms with Crippen molar-refractivity contribution >= 4 is 0 Å². The smallest absolute Gasteiger partial charge is 0.0762 e. The molecule has 0 saturated heterocycles. The van der Waals surface area contributed by atoms with Crippen LogP contribution in [0.3, 0.4) is 0 Å². The van der Waals surface area contributed by atoms with Crippen LogP contribution in [0.4, 0.5) is 0 Å². The maximum absolute atomic E-state index is 5.41. The fraction of sp³-hybridized carbons (Fsp3) is 0.800. The molecule has 3 rings (SSSR count). The van der Waals surface area contributed by atoms with Gasteiger partial charge in [-0.25, -0.2) is 0 Å². The minimum Gasteiger partial charge on any atom is -0.381 e. The highest BCUT2D eigenvalue weighted by Crippen LogP contribution is 2.28. The molecule has 2 atom stereocenters. The Kier molecular flexibility index (Phi) is 4.18. The SMILES string of the molecule is COC1CCC(NCc2ccn(C3CCCC3)n2)C1. The number of nitrogens with one attached hydrogen (secondary N) is 1. The summed E-state index contributed by atoms with van der Waals surface area (Å²) < 4.78 is 7.58. The predicted octanol–water partition coefficient (Wildman–Crippen LogP) is 2.66. The molecule has 2 unspecified atom stereocenters. The minimum atomic E-state index is 0.452. The van der Waals surface area contributed by atoms with Crippen LogP contribution in [0, 0.1) is 0 Å². The zero-order chi connectivity index (χ0) is 13.1. The lowest BCUT2D eigenvalue weighted by Crippen LogP contribution is -2.27. The van der Waals surface area contributed by atoms with E-state index in [0.717, 1.165) is 13.0 Å². The third-order valence-corrected chi connectivity index (χ3v) is 4.65. The summed E-state index contributed by atoms with van der Waals surface area (Å²) in [5, 5.41) is 8.33. The summed E-state index contributed by atoms with van der Waals surface area (Å²) in [4.78, 5) is 0. The van der Waals surface area contributed by atoms with E-state index < -0.39 is 0 Å². The molecule has 0 amide bonds. The van der Waals surface area contributed by atoms with Gasteiger partial charge in [0.1, 0.15) is 0 Å². The quantitative estimate of drug-likeness (QED) is 0.887. The van der Waals surface area contributed by atoms with Crippen molar-refractivity contribution < 1.29 is 4.74 Å². The number of methoxy groups -OCH3 is 1. The number of rotatable bonds is 5. The topological polar surface area (TPSA) is 39.1 Å². The first-order valence-electron chi connectivity index (χ1n) is 7.65. The molecule has 1 aromatic rings. The Hall–Kier alpha value is -0.870. The molecule has 0 aromatic carbocycles. The Morgan fingerprint density at radius 3 is 2.89 bits per heavy atom. The fourth-order valence-corrected chi connectivity index (χ4v) is 3.43. The molecule has 0 bridgehead atoms. The first kappa shape index (κ1) is 13.1. The van der Waals surface area contributed by atoms with E-state index in [4.69, 9.17) is 9.84 Å². The van der Waals surface area contributed by atoms with Crippen LogP contribution in [0.5, 0.6) is 0 Å². The van der Waals surface area contributed by atoms with Gasteiger partial charge in [-0.2, -0.15) is 5.10 Å². The van der Waals surface area contributed by atoms with E-state index in [0.29, 0.717) is 18.2 Å². The molecule has 2 saturated carbocycles. The number of hydrogen-bond donors (Lipinski definition) is 1. The first-order valence-corrected chi connectivity index (χ1v) is 7.65. The van der Waals surface area contributed by atoms with Crippen LogP contribution in [0.25, 0.3) is 0 Å². The van der Waals surface area contributed by atoms with Crippen molar-refractivity contribution in [2.75, 3.05) is 7.11 Å². The van der Waals surface area contributed by atoms with Crippen LogP contribution >= 0.6 is 0 Å². The second kappa shape index (κ2) is 6.06. The van der Waals surface area contributed by atoms with E-state index in [1.54, 1.807) is 0 Å². The Morgan fingerprint density at radius 2 is 2.16 bits per heavy atom. The minimum absolute atomic E-state index is 0.452. The Balaban J connectivity index is 1.48. The van der Waals surface area contributed by atoms with Crippen LogP contribution in [-0.2, 0) is 11.3 Å². The highest BCUT2D eigenvalue weighted by atomic mass is 16.5. The van der Waals surface area contributed by atoms with Gasteiger partial charge >= 0.3 is 0 Å². The summed E-state index contributed by atoms with van der Waals surface area (Å²) in [5.74, 6) is 0. The molecule has 0 radical (unpaired) electrons. The molecule has 1 aromatic heterocycles. The molecule has 19 heavy (non-hydrogen) atoms. The van der Waals surface area contributed by atoms with Crippen molar-refractivity contribution in [3.8, 4) is 0 Å². The number of nitrogens with zero attached hydrogens (tertiary/aromatic N) is 2. The highest BCUT2D eigenvalue weighted by molar-refractivity contribution is 5.00. The average Bonchev–Trinajstić information content (AvgIpc) is 3.16. The van der Waals surface area contributed by atoms with Crippen molar-refractivity contribution in [3.05, 3.63) is 18.0 Å². The fourth-order valence-electron chi connectivity index (χ4n) is 3.43. The van der Waals surface area contributed by atoms with Gasteiger partial charge in [0, 0.05) is 25.9 Å². The maximum atomic E-state index is 5.41. The molecule has 2 fully saturated rings. The van der Waals surface area contributed by atoms with Crippen LogP contribution < -0.4 is 5.32 Å². The van der Waals surface area contributed by atoms with Crippen LogP contribution in [-0.4, -0.2) is 29.0 Å². The molecule has 2 aliphatic carbocycles. The highest BCUT2D eigenvalue weighted by Gasteiger charge is 2.24. The van der Waals surface area contributed by atoms with Crippen molar-refractivity contribution in [3.63, 3.8) is 0 Å². The van der Waals surface area contributed by atoms with Gasteiger partial charge in [0.15, 0.2) is 0 Å². The Bertz CT molecular complexity index is 398. The average molecular weight is 263 g/mol. The monoisotopic (exact) mass is 263 g/mol. The van der Waals surface area contributed by atoms with E-state index in [-0.39, 0.29) is 0 Å². The summed E-state index contributed by atoms with van der Waals surface area (Å²) in [7, 11) is 1.82. The molecule has 1 heterocycles. The van der Waals surface area contributed by atoms with Gasteiger partial charge in [-0.15, -0.1) is 0 Å². The Labute approximate surface area is 115 Å². The molecule has 1 N–H and O–H groups in total. The first-order chi connectivity index (χ1) is 9.35. The molecular formula is C15H25N3O. The second-order valence-electron chi connectivity index (χ2n) is 5.97. The largest absolute Gasteiger partial charge is 0.381 e. The van der Waals surface area contributed by atoms with Gasteiger partial charge in [0.2, 0.25) is 0 Å². The summed E-state index contributed by atoms with van der Waals surface area (Å²) in [6.07, 6.45) is 11.5. The lowest BCUT2D eigenvalue weighted by atomic mass is 10.2. The molecule has 4 heteroatoms. The third-order valence-electron chi connectivity index (χ3n) is 4.65. The van der Waals surface area contributed by atoms with Gasteiger partial charge < -0.3 is 10.1 Å². The third kappa shape index (κ3) is 3.18. The summed E-state index contributed by atoms with van der Waals surface area (Å²) in [6, 6.07) is 3.41. The van der Waals surface area contributed by atoms with Gasteiger partial charge in [-0.3, -0.25) is 4.68 Å². The van der Waals surface area contributed by atoms with Gasteiger partial charge in [0.05, 0.1) is 17.8 Å². The van der Waals surface area contributed by atoms with Crippen molar-refractivity contribution in [2.24, 2.45) is 0 Å². The van der Waals surface area contributed by atoms with Crippen molar-refractivity contribution in [1.82, 2.24) is 15.1 Å². The summed E-state index contributed by atoms with van der Waals surface area (Å²) >= 11 is 0. The molecule has 0 aliphatic heterocycles. The lowest BCUT2D eigenvalue weighted by Gasteiger charge is -2.12. The second-order valence-corrected chi connectivity index (χ2v) is 5.97. The molecule has 2 aliphatic rings. The predicted molar refractivity (Wildman–Crippen MR) is 75.0 cm³/mol. The molecular weight excluding hydrogens is 238 g/mol. The molecule has 106 valence electrons. The lowest BCUT2D eigenvalue weighted by molar-refractivity contribution is 0.107. The van der Waals surface area contributed by atoms with Crippen LogP contribution in [0.1, 0.15) is 56.7 Å². The van der Waals surface area contributed by atoms with Gasteiger partial charge in [-0.05, 0) is 38.2 Å². The number of ether oxygens (including phenoxy) is 1. The van der Waals surface area contributed by atoms with E-state index in [9.17, 15) is 0 Å². The zero-order valence-corrected chi connectivity index (χ0v) is 11.8. The van der Waals surface area contributed by atoms with Crippen LogP contribution in [0.15, 0.2) is 12.3 Å². The summed E-state index contributed by atoms with van der Waals surface area (Å²) in [6.45, 7) is 0.890. The van der Waals surface area contributed by atoms with Gasteiger partial charge in [-0.1, -0.05) is 12.8 Å². The maximum Gasteiger partial charge on any atom is 0.0762 e. The summed E-state index contributed by atoms with van der Waals surface area (Å²) in [5.41, 5.74) is 1.17. The van der Waals surface area contributed by atoms with E-state index in [1.165, 1.54) is 44.2 Å². The van der Waals surface area contributed by atoms with E-state index in [1.807, 2.05) is 7.11 Å². The molecule has 4 nitrogen and oxygen atoms in total. The number of aromatic nitrogens is 2. The number of hydrogen-bond acceptors (Lipinski definition) is 3. The van der Waals surface area contributed by atoms with Crippen molar-refractivity contribution in [2.45, 2.75) is 69.7 Å². The molecule has 0 spiro atoms. The van der Waals surface area contributed by atoms with Crippen molar-refractivity contribution in [1.29, 1.82) is 0 Å². The van der Waals surface area contributed by atoms with E-state index in [2.05, 4.69) is 22.3 Å². The van der Waals surface area contributed by atoms with E-state index >= 15 is 0 Å². The van der Waals surface area contributed by atoms with Gasteiger partial charge in [0.25, 0.3) is 0 Å². The zero-order valence-electron chi connectivity index (χ0n) is 11.8. The Morgan fingerprint density at radius 1 is 1.32 bits per heavy atom. The standard InChI is InChI=1S/C15H25N3O/c1-19-15-7-6-12(10-15)16-11-13-8-9-18(17-13)14-4-2-3-5-14/h8-9,12,14-16H,2-7,10-11H2,1H3.